The Kier molecular flexibility index (Phi) is 16.7. The lowest BCUT2D eigenvalue weighted by Gasteiger charge is -2.48. The van der Waals surface area contributed by atoms with Crippen LogP contribution in [0.4, 0.5) is 0 Å². The third-order valence-electron chi connectivity index (χ3n) is 12.3. The van der Waals surface area contributed by atoms with Crippen molar-refractivity contribution in [1.29, 1.82) is 0 Å². The number of benzene rings is 4. The highest BCUT2D eigenvalue weighted by Gasteiger charge is 2.55. The highest BCUT2D eigenvalue weighted by molar-refractivity contribution is 5.89. The number of hydrogen-bond acceptors (Lipinski definition) is 24. The molecule has 8 rings (SSSR count). The number of carbonyl (C=O) groups is 2. The highest BCUT2D eigenvalue weighted by atomic mass is 16.8. The molecule has 3 saturated heterocycles. The molecule has 3 aliphatic rings. The topological polar surface area (TPSA) is 381 Å². The Balaban J connectivity index is 1.11. The molecule has 75 heavy (non-hydrogen) atoms. The first-order valence-corrected chi connectivity index (χ1v) is 23.1. The molecule has 0 spiro atoms. The molecule has 5 aromatic rings. The van der Waals surface area contributed by atoms with Crippen LogP contribution in [0.2, 0.25) is 0 Å². The number of aliphatic hydroxyl groups is 7. The van der Waals surface area contributed by atoms with Gasteiger partial charge in [0.15, 0.2) is 24.4 Å². The lowest BCUT2D eigenvalue weighted by molar-refractivity contribution is -0.382. The Bertz CT molecular complexity index is 2900. The average molecular weight is 1050 g/mol. The number of aliphatic hydroxyl groups excluding tert-OH is 7. The van der Waals surface area contributed by atoms with E-state index in [1.165, 1.54) is 91.9 Å². The molecule has 0 saturated carbocycles. The fourth-order valence-corrected chi connectivity index (χ4v) is 8.24. The van der Waals surface area contributed by atoms with Crippen LogP contribution < -0.4 is 10.2 Å². The number of ether oxygens (including phenoxy) is 8. The quantitative estimate of drug-likeness (QED) is 0.0498. The number of hydrogen-bond donors (Lipinski definition) is 12. The van der Waals surface area contributed by atoms with E-state index in [1.54, 1.807) is 0 Å². The zero-order chi connectivity index (χ0) is 53.8. The first-order chi connectivity index (χ1) is 35.8. The van der Waals surface area contributed by atoms with Crippen LogP contribution in [0, 0.1) is 0 Å². The van der Waals surface area contributed by atoms with E-state index in [9.17, 15) is 75.7 Å². The maximum atomic E-state index is 14.5. The van der Waals surface area contributed by atoms with Gasteiger partial charge in [-0.15, -0.1) is 0 Å². The number of fused-ring (bicyclic) bond motifs is 1. The predicted octanol–water partition coefficient (Wildman–Crippen LogP) is 0.371. The van der Waals surface area contributed by atoms with E-state index in [1.807, 2.05) is 0 Å². The Hall–Kier alpha value is -7.17. The van der Waals surface area contributed by atoms with Crippen LogP contribution >= 0.6 is 0 Å². The second-order valence-electron chi connectivity index (χ2n) is 17.6. The summed E-state index contributed by atoms with van der Waals surface area (Å²) in [7, 11) is 0. The van der Waals surface area contributed by atoms with E-state index in [-0.39, 0.29) is 34.2 Å². The summed E-state index contributed by atoms with van der Waals surface area (Å²) in [4.78, 5) is 39.9. The van der Waals surface area contributed by atoms with Gasteiger partial charge in [-0.1, -0.05) is 24.3 Å². The van der Waals surface area contributed by atoms with Crippen LogP contribution in [0.15, 0.2) is 106 Å². The van der Waals surface area contributed by atoms with E-state index < -0.39 is 145 Å². The number of phenols is 5. The van der Waals surface area contributed by atoms with Crippen LogP contribution in [-0.2, 0) is 42.7 Å². The van der Waals surface area contributed by atoms with Gasteiger partial charge in [0.2, 0.25) is 17.5 Å². The molecule has 24 nitrogen and oxygen atoms in total. The molecule has 4 heterocycles. The smallest absolute Gasteiger partial charge is 0.330 e. The van der Waals surface area contributed by atoms with Crippen molar-refractivity contribution in [1.82, 2.24) is 0 Å². The molecule has 0 radical (unpaired) electrons. The molecule has 1 aromatic heterocycles. The van der Waals surface area contributed by atoms with Crippen molar-refractivity contribution >= 4 is 35.1 Å². The van der Waals surface area contributed by atoms with E-state index in [0.717, 1.165) is 24.3 Å². The molecule has 15 atom stereocenters. The van der Waals surface area contributed by atoms with Gasteiger partial charge in [-0.05, 0) is 78.7 Å². The summed E-state index contributed by atoms with van der Waals surface area (Å²) in [5, 5.41) is 128. The molecule has 0 aliphatic carbocycles. The van der Waals surface area contributed by atoms with Gasteiger partial charge < -0.3 is 104 Å². The Morgan fingerprint density at radius 2 is 1.01 bits per heavy atom. The molecular weight excluding hydrogens is 997 g/mol. The SMILES string of the molecule is C[C@@H]1O[C@@H](Oc2c(-c3ccc(O)cc3)oc3cc(O)cc(O)c3c2=O)[C@H](O[C@@H]2O[C@H](COC(=O)C=Cc3ccc(O)cc3)[C@@H](O)[C@H](O)[C@H]2O)[C@H](O[C@@H]2O[C@H](COC(=O)C=Cc3ccc(O)cc3)[C@@H](O)[C@H](O)[C@H]2O)[C@H]1O. The van der Waals surface area contributed by atoms with Gasteiger partial charge >= 0.3 is 11.9 Å². The second kappa shape index (κ2) is 23.2. The van der Waals surface area contributed by atoms with Crippen LogP contribution in [0.5, 0.6) is 34.5 Å². The van der Waals surface area contributed by atoms with Crippen LogP contribution in [-0.4, -0.2) is 179 Å². The van der Waals surface area contributed by atoms with E-state index >= 15 is 0 Å². The zero-order valence-corrected chi connectivity index (χ0v) is 39.2. The second-order valence-corrected chi connectivity index (χ2v) is 17.6. The summed E-state index contributed by atoms with van der Waals surface area (Å²) in [6, 6.07) is 18.5. The Morgan fingerprint density at radius 3 is 1.51 bits per heavy atom. The van der Waals surface area contributed by atoms with Gasteiger partial charge in [0.25, 0.3) is 0 Å². The van der Waals surface area contributed by atoms with Gasteiger partial charge in [-0.3, -0.25) is 4.79 Å². The number of phenolic OH excluding ortho intramolecular Hbond substituents is 5. The van der Waals surface area contributed by atoms with Gasteiger partial charge in [0.1, 0.15) is 114 Å². The van der Waals surface area contributed by atoms with Crippen molar-refractivity contribution in [3.63, 3.8) is 0 Å². The maximum Gasteiger partial charge on any atom is 0.330 e. The molecule has 0 amide bonds. The normalized spacial score (nSPS) is 30.1. The number of esters is 2. The summed E-state index contributed by atoms with van der Waals surface area (Å²) < 4.78 is 52.9. The van der Waals surface area contributed by atoms with Crippen molar-refractivity contribution in [3.05, 3.63) is 118 Å². The molecule has 400 valence electrons. The van der Waals surface area contributed by atoms with Crippen LogP contribution in [0.3, 0.4) is 0 Å². The fourth-order valence-electron chi connectivity index (χ4n) is 8.24. The monoisotopic (exact) mass is 1050 g/mol. The maximum absolute atomic E-state index is 14.5. The number of aromatic hydroxyl groups is 5. The molecule has 3 aliphatic heterocycles. The largest absolute Gasteiger partial charge is 0.508 e. The molecule has 4 aromatic carbocycles. The van der Waals surface area contributed by atoms with Crippen molar-refractivity contribution in [2.24, 2.45) is 0 Å². The predicted molar refractivity (Wildman–Crippen MR) is 253 cm³/mol. The summed E-state index contributed by atoms with van der Waals surface area (Å²) in [6.45, 7) is -0.202. The molecule has 0 unspecified atom stereocenters. The molecular formula is C51H52O24. The summed E-state index contributed by atoms with van der Waals surface area (Å²) >= 11 is 0. The lowest BCUT2D eigenvalue weighted by Crippen LogP contribution is -2.67. The van der Waals surface area contributed by atoms with Gasteiger partial charge in [-0.25, -0.2) is 9.59 Å². The first-order valence-electron chi connectivity index (χ1n) is 23.1. The van der Waals surface area contributed by atoms with Crippen LogP contribution in [0.25, 0.3) is 34.4 Å². The van der Waals surface area contributed by atoms with Gasteiger partial charge in [-0.2, -0.15) is 0 Å². The standard InChI is InChI=1S/C51H52O24/c1-22-37(59)46(73-49-43(65)41(63)38(60)32(71-49)20-67-34(57)16-6-23-2-10-26(52)11-3-23)48(75-50-44(66)42(64)39(61)33(72-50)21-68-35(58)17-7-24-4-12-27(53)13-5-24)51(69-22)74-47-40(62)36-30(56)18-29(55)19-31(36)70-45(47)25-8-14-28(54)15-9-25/h2-19,22,32-33,37-39,41-44,46,48-56,59-61,63-66H,20-21H2,1H3/t22-,32+,33+,37-,38+,39+,41-,42-,43+,44+,46+,48+,49-,50-,51-/m0/s1. The summed E-state index contributed by atoms with van der Waals surface area (Å²) in [6.07, 6.45) is -24.3. The lowest BCUT2D eigenvalue weighted by atomic mass is 9.96. The van der Waals surface area contributed by atoms with Crippen molar-refractivity contribution in [3.8, 4) is 45.8 Å². The molecule has 0 bridgehead atoms. The van der Waals surface area contributed by atoms with Gasteiger partial charge in [0, 0.05) is 29.8 Å². The van der Waals surface area contributed by atoms with E-state index in [4.69, 9.17) is 42.3 Å². The minimum absolute atomic E-state index is 0.0135. The van der Waals surface area contributed by atoms with Crippen LogP contribution in [0.1, 0.15) is 18.1 Å². The Morgan fingerprint density at radius 1 is 0.547 bits per heavy atom. The highest BCUT2D eigenvalue weighted by Crippen LogP contribution is 2.40. The third-order valence-corrected chi connectivity index (χ3v) is 12.3. The van der Waals surface area contributed by atoms with E-state index in [2.05, 4.69) is 0 Å². The van der Waals surface area contributed by atoms with Crippen molar-refractivity contribution in [2.45, 2.75) is 99.0 Å². The minimum atomic E-state index is -2.17. The van der Waals surface area contributed by atoms with E-state index in [0.29, 0.717) is 11.1 Å². The van der Waals surface area contributed by atoms with Gasteiger partial charge in [0.05, 0.1) is 6.10 Å². The molecule has 24 heteroatoms. The number of carbonyl (C=O) groups excluding carboxylic acids is 2. The third kappa shape index (κ3) is 12.3. The average Bonchev–Trinajstić information content (AvgIpc) is 3.38. The van der Waals surface area contributed by atoms with Crippen molar-refractivity contribution in [2.75, 3.05) is 13.2 Å². The van der Waals surface area contributed by atoms with Crippen molar-refractivity contribution < 1.29 is 113 Å². The summed E-state index contributed by atoms with van der Waals surface area (Å²) in [5.41, 5.74) is -0.322. The fraction of sp³-hybridized carbons (Fsp3) is 0.353. The Labute approximate surface area is 423 Å². The number of rotatable bonds is 15. The summed E-state index contributed by atoms with van der Waals surface area (Å²) in [5.74, 6) is -4.48. The minimum Gasteiger partial charge on any atom is -0.508 e. The first kappa shape index (κ1) is 54.1. The zero-order valence-electron chi connectivity index (χ0n) is 39.2. The molecule has 12 N–H and O–H groups in total. The molecule has 3 fully saturated rings.